The van der Waals surface area contributed by atoms with Crippen molar-refractivity contribution in [2.45, 2.75) is 139 Å². The fraction of sp³-hybridized carbons (Fsp3) is 0.680. The molecule has 0 bridgehead atoms. The number of fused-ring (bicyclic) bond motifs is 7. The summed E-state index contributed by atoms with van der Waals surface area (Å²) in [5, 5.41) is 13.2. The lowest BCUT2D eigenvalue weighted by Gasteiger charge is -2.72. The van der Waals surface area contributed by atoms with Crippen molar-refractivity contribution in [1.82, 2.24) is 10.2 Å². The van der Waals surface area contributed by atoms with Crippen LogP contribution in [0.25, 0.3) is 5.57 Å². The van der Waals surface area contributed by atoms with Crippen LogP contribution in [0.4, 0.5) is 4.39 Å². The third-order valence-corrected chi connectivity index (χ3v) is 16.1. The highest BCUT2D eigenvalue weighted by molar-refractivity contribution is 5.88. The van der Waals surface area contributed by atoms with E-state index in [2.05, 4.69) is 83.2 Å². The summed E-state index contributed by atoms with van der Waals surface area (Å²) in [6.45, 7) is 25.7. The molecule has 1 aliphatic heterocycles. The Bertz CT molecular complexity index is 1580. The van der Waals surface area contributed by atoms with Crippen LogP contribution in [0.3, 0.4) is 0 Å². The molecule has 0 aromatic heterocycles. The van der Waals surface area contributed by atoms with Gasteiger partial charge in [-0.25, -0.2) is 9.18 Å². The first-order chi connectivity index (χ1) is 26.7. The Morgan fingerprint density at radius 2 is 1.54 bits per heavy atom. The van der Waals surface area contributed by atoms with Crippen molar-refractivity contribution < 1.29 is 19.1 Å². The molecule has 0 spiro atoms. The van der Waals surface area contributed by atoms with Gasteiger partial charge < -0.3 is 15.3 Å². The minimum absolute atomic E-state index is 0.127. The number of carbonyl (C=O) groups is 2. The third kappa shape index (κ3) is 8.30. The van der Waals surface area contributed by atoms with E-state index in [1.165, 1.54) is 75.5 Å². The third-order valence-electron chi connectivity index (χ3n) is 16.1. The van der Waals surface area contributed by atoms with E-state index in [0.29, 0.717) is 40.4 Å². The number of allylic oxidation sites excluding steroid dienone is 3. The predicted octanol–water partition coefficient (Wildman–Crippen LogP) is 11.7. The average Bonchev–Trinajstić information content (AvgIpc) is 3.88. The molecule has 5 nitrogen and oxygen atoms in total. The second-order valence-electron chi connectivity index (χ2n) is 18.5. The molecule has 3 unspecified atom stereocenters. The van der Waals surface area contributed by atoms with Crippen LogP contribution < -0.4 is 5.32 Å². The number of hydrogen-bond acceptors (Lipinski definition) is 3. The summed E-state index contributed by atoms with van der Waals surface area (Å²) in [5.41, 5.74) is 2.83. The average molecular weight is 771 g/mol. The molecule has 6 heteroatoms. The molecule has 56 heavy (non-hydrogen) atoms. The fourth-order valence-corrected chi connectivity index (χ4v) is 13.6. The van der Waals surface area contributed by atoms with Crippen LogP contribution in [0.2, 0.25) is 0 Å². The molecule has 1 saturated heterocycles. The summed E-state index contributed by atoms with van der Waals surface area (Å²) in [6.07, 6.45) is 35.9. The molecule has 5 aliphatic carbocycles. The zero-order valence-electron chi connectivity index (χ0n) is 36.3. The summed E-state index contributed by atoms with van der Waals surface area (Å²) in [6, 6.07) is 4.71. The van der Waals surface area contributed by atoms with Gasteiger partial charge in [0.25, 0.3) is 0 Å². The molecule has 1 aromatic rings. The van der Waals surface area contributed by atoms with Crippen molar-refractivity contribution in [3.8, 4) is 25.7 Å². The Kier molecular flexibility index (Phi) is 16.3. The standard InChI is InChI=1S/C41H59FN2O3.C3H6.C2H6.2C2H2/c1-37(2)29(27-10-11-28(36(46)47)32(42)25-27)14-18-38(3)33(37)15-19-40(5)34(38)13-12-30-31-9-8-17-41(31,21-20-39(30,40)4)26-43-22-16-35(45)44-23-6-7-24-44;1-3-2;3*1-2/h10-11,14,25,30-31,33-34,43H,6-9,12-13,15-24,26H2,1-5H3,(H,46,47);3H,1H2,2H3;1-2H3;2*1-2H/t30-,31?,33?,34?,38+,39-,40-,41-;;;;/m1..../s1. The first-order valence-electron chi connectivity index (χ1n) is 21.6. The number of carbonyl (C=O) groups excluding carboxylic acids is 1. The molecule has 1 heterocycles. The fourth-order valence-electron chi connectivity index (χ4n) is 13.6. The lowest BCUT2D eigenvalue weighted by molar-refractivity contribution is -0.222. The van der Waals surface area contributed by atoms with E-state index in [-0.39, 0.29) is 16.4 Å². The number of carboxylic acid groups (broad SMARTS) is 1. The molecule has 5 fully saturated rings. The summed E-state index contributed by atoms with van der Waals surface area (Å²) >= 11 is 0. The van der Waals surface area contributed by atoms with Gasteiger partial charge in [-0.15, -0.1) is 32.3 Å². The van der Waals surface area contributed by atoms with Gasteiger partial charge in [-0.1, -0.05) is 73.1 Å². The molecular weight excluding hydrogens is 696 g/mol. The molecule has 1 amide bonds. The molecule has 7 rings (SSSR count). The lowest BCUT2D eigenvalue weighted by Crippen LogP contribution is -2.65. The van der Waals surface area contributed by atoms with Gasteiger partial charge >= 0.3 is 5.97 Å². The van der Waals surface area contributed by atoms with E-state index in [0.717, 1.165) is 62.8 Å². The predicted molar refractivity (Wildman–Crippen MR) is 232 cm³/mol. The molecule has 4 saturated carbocycles. The maximum absolute atomic E-state index is 14.9. The number of likely N-dealkylation sites (tertiary alicyclic amines) is 1. The van der Waals surface area contributed by atoms with Crippen LogP contribution in [0.15, 0.2) is 36.9 Å². The smallest absolute Gasteiger partial charge is 0.338 e. The number of benzene rings is 1. The van der Waals surface area contributed by atoms with Gasteiger partial charge in [-0.2, -0.15) is 0 Å². The van der Waals surface area contributed by atoms with Crippen molar-refractivity contribution >= 4 is 17.4 Å². The topological polar surface area (TPSA) is 69.6 Å². The second kappa shape index (κ2) is 19.4. The molecule has 6 aliphatic rings. The Balaban J connectivity index is 0.000000867. The lowest BCUT2D eigenvalue weighted by atomic mass is 9.32. The maximum Gasteiger partial charge on any atom is 0.338 e. The van der Waals surface area contributed by atoms with Crippen molar-refractivity contribution in [2.75, 3.05) is 26.2 Å². The highest BCUT2D eigenvalue weighted by Crippen LogP contribution is 2.77. The number of aromatic carboxylic acids is 1. The Morgan fingerprint density at radius 3 is 2.14 bits per heavy atom. The Morgan fingerprint density at radius 1 is 0.893 bits per heavy atom. The van der Waals surface area contributed by atoms with Crippen molar-refractivity contribution in [1.29, 1.82) is 0 Å². The van der Waals surface area contributed by atoms with Crippen molar-refractivity contribution in [2.24, 2.45) is 50.7 Å². The second-order valence-corrected chi connectivity index (χ2v) is 18.5. The minimum Gasteiger partial charge on any atom is -0.478 e. The first kappa shape index (κ1) is 47.0. The number of rotatable bonds is 7. The molecular formula is C50H75FN2O3. The first-order valence-corrected chi connectivity index (χ1v) is 21.6. The van der Waals surface area contributed by atoms with E-state index in [9.17, 15) is 19.1 Å². The number of carboxylic acids is 1. The van der Waals surface area contributed by atoms with Gasteiger partial charge in [0.05, 0.1) is 5.56 Å². The van der Waals surface area contributed by atoms with Crippen molar-refractivity contribution in [3.63, 3.8) is 0 Å². The molecule has 1 aromatic carbocycles. The summed E-state index contributed by atoms with van der Waals surface area (Å²) in [4.78, 5) is 26.2. The van der Waals surface area contributed by atoms with Crippen LogP contribution in [0, 0.1) is 82.3 Å². The van der Waals surface area contributed by atoms with E-state index < -0.39 is 11.8 Å². The van der Waals surface area contributed by atoms with Gasteiger partial charge in [0.15, 0.2) is 0 Å². The van der Waals surface area contributed by atoms with Crippen LogP contribution in [0.5, 0.6) is 0 Å². The van der Waals surface area contributed by atoms with E-state index in [4.69, 9.17) is 0 Å². The molecule has 310 valence electrons. The van der Waals surface area contributed by atoms with Gasteiger partial charge in [-0.3, -0.25) is 4.79 Å². The summed E-state index contributed by atoms with van der Waals surface area (Å²) in [5.74, 6) is 1.17. The van der Waals surface area contributed by atoms with Gasteiger partial charge in [0, 0.05) is 32.6 Å². The number of nitrogens with zero attached hydrogens (tertiary/aromatic N) is 1. The van der Waals surface area contributed by atoms with Gasteiger partial charge in [0.2, 0.25) is 5.91 Å². The van der Waals surface area contributed by atoms with Crippen LogP contribution in [-0.4, -0.2) is 48.1 Å². The van der Waals surface area contributed by atoms with E-state index >= 15 is 0 Å². The van der Waals surface area contributed by atoms with Crippen LogP contribution in [-0.2, 0) is 4.79 Å². The number of halogens is 1. The molecule has 0 radical (unpaired) electrons. The summed E-state index contributed by atoms with van der Waals surface area (Å²) in [7, 11) is 0. The van der Waals surface area contributed by atoms with Crippen LogP contribution >= 0.6 is 0 Å². The molecule has 8 atom stereocenters. The van der Waals surface area contributed by atoms with E-state index in [1.807, 2.05) is 26.8 Å². The Hall–Kier alpha value is -3.35. The molecule has 2 N–H and O–H groups in total. The number of nitrogens with one attached hydrogen (secondary N) is 1. The van der Waals surface area contributed by atoms with Crippen molar-refractivity contribution in [3.05, 3.63) is 53.9 Å². The van der Waals surface area contributed by atoms with Gasteiger partial charge in [0.1, 0.15) is 5.82 Å². The maximum atomic E-state index is 14.9. The van der Waals surface area contributed by atoms with Crippen LogP contribution in [0.1, 0.15) is 155 Å². The summed E-state index contributed by atoms with van der Waals surface area (Å²) < 4.78 is 14.9. The minimum atomic E-state index is -1.22. The SMILES string of the molecule is C#C.C#C.C=CC.CC.CC1(C)C(c2ccc(C(=O)O)c(F)c2)=CC[C@@]2(C)C1CC[C@]1(C)C2CC[C@@H]2C3CCC[C@]3(CNCCC(=O)N3CCCC3)CC[C@]21C. The Labute approximate surface area is 341 Å². The number of terminal acetylenes is 2. The normalized spacial score (nSPS) is 34.4. The zero-order chi connectivity index (χ0) is 42.1. The van der Waals surface area contributed by atoms with E-state index in [1.54, 1.807) is 6.08 Å². The zero-order valence-corrected chi connectivity index (χ0v) is 36.3. The van der Waals surface area contributed by atoms with Gasteiger partial charge in [-0.05, 0) is 152 Å². The highest BCUT2D eigenvalue weighted by Gasteiger charge is 2.69. The largest absolute Gasteiger partial charge is 0.478 e. The monoisotopic (exact) mass is 771 g/mol. The number of amides is 1. The highest BCUT2D eigenvalue weighted by atomic mass is 19.1. The quantitative estimate of drug-likeness (QED) is 0.165. The number of hydrogen-bond donors (Lipinski definition) is 2.